The summed E-state index contributed by atoms with van der Waals surface area (Å²) >= 11 is 7.83. The van der Waals surface area contributed by atoms with E-state index in [2.05, 4.69) is 53.5 Å². The van der Waals surface area contributed by atoms with Crippen LogP contribution in [0.2, 0.25) is 5.02 Å². The summed E-state index contributed by atoms with van der Waals surface area (Å²) in [5.74, 6) is -0.337. The minimum absolute atomic E-state index is 0.0336. The number of carbonyl (C=O) groups is 4. The Balaban J connectivity index is 0.847. The number of likely N-dealkylation sites (tertiary alicyclic amines) is 1. The van der Waals surface area contributed by atoms with Crippen LogP contribution in [-0.2, 0) is 19.1 Å². The number of amides is 4. The molecular weight excluding hydrogens is 940 g/mol. The highest BCUT2D eigenvalue weighted by Gasteiger charge is 2.64. The molecule has 1 aromatic heterocycles. The molecular formula is C55H63ClN6O8S. The molecule has 14 nitrogen and oxygen atoms in total. The number of nitrogens with zero attached hydrogens (tertiary/aromatic N) is 3. The van der Waals surface area contributed by atoms with Crippen LogP contribution >= 0.6 is 22.9 Å². The average Bonchev–Trinajstić information content (AvgIpc) is 3.96. The van der Waals surface area contributed by atoms with Crippen molar-refractivity contribution in [2.45, 2.75) is 105 Å². The number of aromatic nitrogens is 1. The lowest BCUT2D eigenvalue weighted by Crippen LogP contribution is -2.74. The summed E-state index contributed by atoms with van der Waals surface area (Å²) in [6, 6.07) is 25.4. The third-order valence-corrected chi connectivity index (χ3v) is 14.8. The predicted octanol–water partition coefficient (Wildman–Crippen LogP) is 9.37. The van der Waals surface area contributed by atoms with Gasteiger partial charge in [-0.1, -0.05) is 115 Å². The number of β-amino-alcohol motifs (C(OH)–C–C–N with tert-alkyl or cyclic N) is 1. The SMILES string of the molecule is [C-]#[N+]c1ccc(OC2C(C)(C)C(NC(=O)c3ccc(-c4ccc(OCCOCC(=O)N[C@H](C(=O)N5C[C@H](O)C[C@H]5C(=O)N[C@@H](C)c5ccc(-c6scnc6C)cc5)C(C)(C)C)cc4)cc3)C2(C)C)cc1Cl. The van der Waals surface area contributed by atoms with E-state index in [-0.39, 0.29) is 62.8 Å². The number of nitrogens with one attached hydrogen (secondary N) is 3. The van der Waals surface area contributed by atoms with Gasteiger partial charge in [-0.05, 0) is 77.9 Å². The van der Waals surface area contributed by atoms with E-state index in [0.29, 0.717) is 27.8 Å². The van der Waals surface area contributed by atoms with E-state index < -0.39 is 46.2 Å². The van der Waals surface area contributed by atoms with E-state index in [1.54, 1.807) is 41.7 Å². The van der Waals surface area contributed by atoms with Crippen LogP contribution < -0.4 is 25.4 Å². The van der Waals surface area contributed by atoms with Crippen molar-refractivity contribution in [3.63, 3.8) is 0 Å². The number of aryl methyl sites for hydroxylation is 1. The van der Waals surface area contributed by atoms with E-state index in [1.807, 2.05) is 101 Å². The van der Waals surface area contributed by atoms with Crippen LogP contribution in [0, 0.1) is 29.7 Å². The molecule has 1 aliphatic heterocycles. The third-order valence-electron chi connectivity index (χ3n) is 13.5. The molecule has 4 aromatic carbocycles. The molecule has 1 saturated heterocycles. The van der Waals surface area contributed by atoms with Gasteiger partial charge in [-0.15, -0.1) is 11.3 Å². The fraction of sp³-hybridized carbons (Fsp3) is 0.418. The van der Waals surface area contributed by atoms with Gasteiger partial charge in [0.1, 0.15) is 42.9 Å². The van der Waals surface area contributed by atoms with Gasteiger partial charge >= 0.3 is 0 Å². The van der Waals surface area contributed by atoms with Crippen LogP contribution in [0.5, 0.6) is 11.5 Å². The monoisotopic (exact) mass is 1000 g/mol. The second-order valence-corrected chi connectivity index (χ2v) is 21.9. The van der Waals surface area contributed by atoms with E-state index in [9.17, 15) is 24.3 Å². The molecule has 2 aliphatic rings. The summed E-state index contributed by atoms with van der Waals surface area (Å²) in [7, 11) is 0. The maximum atomic E-state index is 14.1. The van der Waals surface area contributed by atoms with Crippen LogP contribution in [0.25, 0.3) is 26.4 Å². The summed E-state index contributed by atoms with van der Waals surface area (Å²) in [6.07, 6.45) is -1.03. The van der Waals surface area contributed by atoms with E-state index >= 15 is 0 Å². The highest BCUT2D eigenvalue weighted by Crippen LogP contribution is 2.56. The highest BCUT2D eigenvalue weighted by molar-refractivity contribution is 7.13. The van der Waals surface area contributed by atoms with Gasteiger partial charge in [-0.2, -0.15) is 0 Å². The van der Waals surface area contributed by atoms with Gasteiger partial charge in [0.05, 0.1) is 46.4 Å². The summed E-state index contributed by atoms with van der Waals surface area (Å²) < 4.78 is 17.9. The maximum absolute atomic E-state index is 14.1. The second kappa shape index (κ2) is 21.6. The standard InChI is InChI=1S/C55H63ClN6O8S/c1-32(34-11-15-37(16-12-34)46-33(2)58-31-71-46)59-49(66)44-27-39(63)29-62(44)50(67)47(53(3,4)5)60-45(64)30-68-25-26-69-40-21-19-36(20-22-40)35-13-17-38(18-14-35)48(65)61-51-54(6,7)52(55(51,8)9)70-41-23-24-43(57-10)42(56)28-41/h11-24,28,31-32,39,44,47,51-52,63H,25-27,29-30H2,1-9H3,(H,59,66)(H,60,64)(H,61,65)/t32-,39+,44-,47+,51?,52?/m0/s1. The van der Waals surface area contributed by atoms with E-state index in [0.717, 1.165) is 32.8 Å². The van der Waals surface area contributed by atoms with Crippen LogP contribution in [0.3, 0.4) is 0 Å². The molecule has 4 atom stereocenters. The molecule has 0 bridgehead atoms. The number of thiazole rings is 1. The minimum atomic E-state index is -0.993. The fourth-order valence-electron chi connectivity index (χ4n) is 9.96. The first-order valence-electron chi connectivity index (χ1n) is 23.7. The zero-order chi connectivity index (χ0) is 51.4. The molecule has 71 heavy (non-hydrogen) atoms. The Hall–Kier alpha value is -6.31. The van der Waals surface area contributed by atoms with Crippen LogP contribution in [0.15, 0.2) is 96.5 Å². The van der Waals surface area contributed by atoms with E-state index in [1.165, 1.54) is 4.90 Å². The summed E-state index contributed by atoms with van der Waals surface area (Å²) in [5, 5.41) is 20.1. The smallest absolute Gasteiger partial charge is 0.251 e. The van der Waals surface area contributed by atoms with Gasteiger partial charge in [0.15, 0.2) is 0 Å². The third kappa shape index (κ3) is 11.9. The van der Waals surface area contributed by atoms with Crippen molar-refractivity contribution in [3.05, 3.63) is 130 Å². The summed E-state index contributed by atoms with van der Waals surface area (Å²) in [4.78, 5) is 64.6. The largest absolute Gasteiger partial charge is 0.491 e. The first kappa shape index (κ1) is 52.5. The molecule has 374 valence electrons. The molecule has 1 aliphatic carbocycles. The highest BCUT2D eigenvalue weighted by atomic mass is 35.5. The number of hydrogen-bond acceptors (Lipinski definition) is 10. The summed E-state index contributed by atoms with van der Waals surface area (Å²) in [5.41, 5.74) is 5.95. The van der Waals surface area contributed by atoms with Crippen LogP contribution in [0.1, 0.15) is 89.5 Å². The topological polar surface area (TPSA) is 173 Å². The van der Waals surface area contributed by atoms with E-state index in [4.69, 9.17) is 32.4 Å². The zero-order valence-corrected chi connectivity index (χ0v) is 43.2. The van der Waals surface area contributed by atoms with Gasteiger partial charge in [0.25, 0.3) is 5.91 Å². The average molecular weight is 1000 g/mol. The molecule has 2 fully saturated rings. The number of benzene rings is 4. The second-order valence-electron chi connectivity index (χ2n) is 20.7. The molecule has 4 N–H and O–H groups in total. The number of aliphatic hydroxyl groups is 1. The van der Waals surface area contributed by atoms with Crippen LogP contribution in [-0.4, -0.2) is 95.3 Å². The molecule has 16 heteroatoms. The van der Waals surface area contributed by atoms with Crippen molar-refractivity contribution in [1.29, 1.82) is 0 Å². The lowest BCUT2D eigenvalue weighted by atomic mass is 9.49. The van der Waals surface area contributed by atoms with Crippen molar-refractivity contribution < 1.29 is 38.5 Å². The normalized spacial score (nSPS) is 19.9. The van der Waals surface area contributed by atoms with Gasteiger partial charge in [0.2, 0.25) is 23.4 Å². The first-order chi connectivity index (χ1) is 33.6. The Morgan fingerprint density at radius 3 is 2.11 bits per heavy atom. The Labute approximate surface area is 425 Å². The lowest BCUT2D eigenvalue weighted by molar-refractivity contribution is -0.164. The summed E-state index contributed by atoms with van der Waals surface area (Å²) in [6.45, 7) is 24.8. The number of aliphatic hydroxyl groups excluding tert-OH is 1. The zero-order valence-electron chi connectivity index (χ0n) is 41.7. The predicted molar refractivity (Wildman–Crippen MR) is 275 cm³/mol. The molecule has 4 amide bonds. The number of halogens is 1. The number of hydrogen-bond donors (Lipinski definition) is 4. The quantitative estimate of drug-likeness (QED) is 0.0523. The Morgan fingerprint density at radius 2 is 1.52 bits per heavy atom. The maximum Gasteiger partial charge on any atom is 0.251 e. The molecule has 1 saturated carbocycles. The van der Waals surface area contributed by atoms with Crippen molar-refractivity contribution in [2.75, 3.05) is 26.4 Å². The molecule has 7 rings (SSSR count). The molecule has 0 radical (unpaired) electrons. The molecule has 0 unspecified atom stereocenters. The Bertz CT molecular complexity index is 2750. The van der Waals surface area contributed by atoms with Crippen molar-refractivity contribution in [1.82, 2.24) is 25.8 Å². The van der Waals surface area contributed by atoms with Crippen molar-refractivity contribution >= 4 is 52.3 Å². The number of rotatable bonds is 17. The van der Waals surface area contributed by atoms with Gasteiger partial charge in [-0.3, -0.25) is 19.2 Å². The van der Waals surface area contributed by atoms with Gasteiger partial charge < -0.3 is 40.2 Å². The van der Waals surface area contributed by atoms with Crippen molar-refractivity contribution in [2.24, 2.45) is 16.2 Å². The number of carbonyl (C=O) groups excluding carboxylic acids is 4. The molecule has 2 heterocycles. The molecule has 5 aromatic rings. The Morgan fingerprint density at radius 1 is 0.901 bits per heavy atom. The van der Waals surface area contributed by atoms with Crippen molar-refractivity contribution in [3.8, 4) is 33.1 Å². The number of ether oxygens (including phenoxy) is 3. The van der Waals surface area contributed by atoms with Crippen LogP contribution in [0.4, 0.5) is 5.69 Å². The Kier molecular flexibility index (Phi) is 16.0. The molecule has 0 spiro atoms. The minimum Gasteiger partial charge on any atom is -0.491 e. The van der Waals surface area contributed by atoms with Gasteiger partial charge in [-0.25, -0.2) is 9.83 Å². The lowest BCUT2D eigenvalue weighted by Gasteiger charge is -2.63. The van der Waals surface area contributed by atoms with Gasteiger partial charge in [0, 0.05) is 35.4 Å². The fourth-order valence-corrected chi connectivity index (χ4v) is 11.0. The first-order valence-corrected chi connectivity index (χ1v) is 25.0.